The summed E-state index contributed by atoms with van der Waals surface area (Å²) in [6, 6.07) is 12.4. The van der Waals surface area contributed by atoms with Crippen LogP contribution in [0.3, 0.4) is 0 Å². The SMILES string of the molecule is BCc1cc(CB)c(OC(=O)c2cccc3cccc(C(=O)OC(CS(=O)(=O)O)C(F)(F)F)c23)c(CB)c1. The monoisotopic (exact) mass is 546 g/mol. The van der Waals surface area contributed by atoms with Gasteiger partial charge < -0.3 is 9.47 Å². The second-order valence-electron chi connectivity index (χ2n) is 8.59. The summed E-state index contributed by atoms with van der Waals surface area (Å²) in [5.74, 6) is -3.82. The minimum Gasteiger partial charge on any atom is -0.448 e. The van der Waals surface area contributed by atoms with Gasteiger partial charge in [0.15, 0.2) is 0 Å². The predicted molar refractivity (Wildman–Crippen MR) is 144 cm³/mol. The molecule has 0 amide bonds. The van der Waals surface area contributed by atoms with Crippen molar-refractivity contribution in [1.82, 2.24) is 0 Å². The number of halogens is 3. The molecular weight excluding hydrogens is 522 g/mol. The topological polar surface area (TPSA) is 107 Å². The molecule has 3 aromatic rings. The maximum absolute atomic E-state index is 13.4. The van der Waals surface area contributed by atoms with Crippen molar-refractivity contribution in [2.75, 3.05) is 5.75 Å². The Bertz CT molecular complexity index is 1450. The van der Waals surface area contributed by atoms with Crippen LogP contribution in [0.25, 0.3) is 10.8 Å². The summed E-state index contributed by atoms with van der Waals surface area (Å²) in [6.07, 6.45) is -6.42. The summed E-state index contributed by atoms with van der Waals surface area (Å²) >= 11 is 0. The highest BCUT2D eigenvalue weighted by Gasteiger charge is 2.45. The lowest BCUT2D eigenvalue weighted by molar-refractivity contribution is -0.197. The molecule has 0 aromatic heterocycles. The lowest BCUT2D eigenvalue weighted by atomic mass is 9.85. The van der Waals surface area contributed by atoms with Crippen LogP contribution in [0.4, 0.5) is 13.2 Å². The number of carbonyl (C=O) groups is 2. The number of benzene rings is 3. The zero-order valence-corrected chi connectivity index (χ0v) is 21.8. The van der Waals surface area contributed by atoms with E-state index < -0.39 is 45.7 Å². The summed E-state index contributed by atoms with van der Waals surface area (Å²) in [7, 11) is 0.723. The third kappa shape index (κ3) is 6.79. The van der Waals surface area contributed by atoms with E-state index in [4.69, 9.17) is 9.29 Å². The van der Waals surface area contributed by atoms with Gasteiger partial charge in [-0.05, 0) is 28.6 Å². The molecule has 0 fully saturated rings. The van der Waals surface area contributed by atoms with Crippen molar-refractivity contribution in [3.8, 4) is 5.75 Å². The first-order chi connectivity index (χ1) is 17.8. The molecule has 0 bridgehead atoms. The molecule has 0 radical (unpaired) electrons. The van der Waals surface area contributed by atoms with E-state index in [2.05, 4.69) is 4.74 Å². The second-order valence-corrected chi connectivity index (χ2v) is 10.1. The van der Waals surface area contributed by atoms with Gasteiger partial charge in [0.25, 0.3) is 10.1 Å². The van der Waals surface area contributed by atoms with Crippen molar-refractivity contribution >= 4 is 56.4 Å². The maximum atomic E-state index is 13.4. The fraction of sp³-hybridized carbons (Fsp3) is 0.250. The van der Waals surface area contributed by atoms with E-state index in [1.807, 2.05) is 35.7 Å². The van der Waals surface area contributed by atoms with Crippen LogP contribution < -0.4 is 4.74 Å². The predicted octanol–water partition coefficient (Wildman–Crippen LogP) is 1.43. The molecule has 38 heavy (non-hydrogen) atoms. The van der Waals surface area contributed by atoms with Gasteiger partial charge in [-0.2, -0.15) is 21.6 Å². The number of rotatable bonds is 9. The van der Waals surface area contributed by atoms with E-state index in [0.29, 0.717) is 23.8 Å². The Labute approximate surface area is 220 Å². The highest BCUT2D eigenvalue weighted by Crippen LogP contribution is 2.31. The van der Waals surface area contributed by atoms with Gasteiger partial charge in [-0.15, -0.1) is 0 Å². The Morgan fingerprint density at radius 1 is 0.895 bits per heavy atom. The smallest absolute Gasteiger partial charge is 0.426 e. The number of fused-ring (bicyclic) bond motifs is 1. The van der Waals surface area contributed by atoms with Crippen molar-refractivity contribution in [3.63, 3.8) is 0 Å². The fourth-order valence-corrected chi connectivity index (χ4v) is 4.73. The van der Waals surface area contributed by atoms with E-state index in [9.17, 15) is 31.2 Å². The molecule has 1 atom stereocenters. The summed E-state index contributed by atoms with van der Waals surface area (Å²) in [4.78, 5) is 26.3. The van der Waals surface area contributed by atoms with Crippen LogP contribution in [0, 0.1) is 0 Å². The van der Waals surface area contributed by atoms with Crippen molar-refractivity contribution in [2.45, 2.75) is 31.2 Å². The number of alkyl halides is 3. The van der Waals surface area contributed by atoms with Crippen LogP contribution in [0.5, 0.6) is 5.75 Å². The zero-order chi connectivity index (χ0) is 28.3. The molecule has 0 heterocycles. The number of hydrogen-bond acceptors (Lipinski definition) is 6. The molecule has 14 heteroatoms. The number of esters is 2. The van der Waals surface area contributed by atoms with Crippen molar-refractivity contribution in [2.24, 2.45) is 0 Å². The molecule has 1 N–H and O–H groups in total. The van der Waals surface area contributed by atoms with Gasteiger partial charge in [0.1, 0.15) is 35.0 Å². The third-order valence-corrected chi connectivity index (χ3v) is 6.71. The van der Waals surface area contributed by atoms with Crippen molar-refractivity contribution in [1.29, 1.82) is 0 Å². The van der Waals surface area contributed by atoms with Crippen LogP contribution in [-0.4, -0.2) is 66.5 Å². The summed E-state index contributed by atoms with van der Waals surface area (Å²) in [5.41, 5.74) is 2.22. The standard InChI is InChI=1S/C24H24B3F3O7S/c25-9-13-7-15(10-26)21(16(8-13)11-27)37-23(32)18-6-2-4-14-3-1-5-17(20(14)18)22(31)36-19(24(28,29)30)12-38(33,34)35/h1-8,19H,9-12,25-27H2,(H,33,34,35). The van der Waals surface area contributed by atoms with Crippen LogP contribution in [0.1, 0.15) is 37.4 Å². The maximum Gasteiger partial charge on any atom is 0.426 e. The summed E-state index contributed by atoms with van der Waals surface area (Å²) in [5, 5.41) is 0.332. The van der Waals surface area contributed by atoms with E-state index in [-0.39, 0.29) is 10.9 Å². The average Bonchev–Trinajstić information content (AvgIpc) is 2.86. The molecule has 0 aliphatic carbocycles. The average molecular weight is 546 g/mol. The van der Waals surface area contributed by atoms with Gasteiger partial charge in [0.2, 0.25) is 6.10 Å². The molecule has 3 aromatic carbocycles. The van der Waals surface area contributed by atoms with Crippen LogP contribution in [-0.2, 0) is 33.8 Å². The lowest BCUT2D eigenvalue weighted by Gasteiger charge is -2.20. The fourth-order valence-electron chi connectivity index (χ4n) is 4.10. The van der Waals surface area contributed by atoms with Crippen molar-refractivity contribution < 1.29 is 45.2 Å². The molecule has 0 saturated heterocycles. The molecule has 0 aliphatic rings. The molecular formula is C24H24B3F3O7S. The highest BCUT2D eigenvalue weighted by molar-refractivity contribution is 7.85. The highest BCUT2D eigenvalue weighted by atomic mass is 32.2. The van der Waals surface area contributed by atoms with Crippen LogP contribution in [0.2, 0.25) is 0 Å². The normalized spacial score (nSPS) is 12.7. The number of hydrogen-bond donors (Lipinski definition) is 1. The first-order valence-electron chi connectivity index (χ1n) is 11.9. The molecule has 0 aliphatic heterocycles. The lowest BCUT2D eigenvalue weighted by Crippen LogP contribution is -2.39. The first-order valence-corrected chi connectivity index (χ1v) is 13.5. The molecule has 0 saturated carbocycles. The largest absolute Gasteiger partial charge is 0.448 e. The Kier molecular flexibility index (Phi) is 8.99. The second kappa shape index (κ2) is 11.6. The minimum atomic E-state index is -5.27. The van der Waals surface area contributed by atoms with Gasteiger partial charge in [-0.3, -0.25) is 4.55 Å². The van der Waals surface area contributed by atoms with Gasteiger partial charge in [0.05, 0.1) is 11.1 Å². The van der Waals surface area contributed by atoms with E-state index in [1.165, 1.54) is 18.2 Å². The Hall–Kier alpha value is -3.25. The van der Waals surface area contributed by atoms with Crippen LogP contribution >= 0.6 is 0 Å². The first kappa shape index (κ1) is 29.3. The Morgan fingerprint density at radius 2 is 1.42 bits per heavy atom. The molecule has 7 nitrogen and oxygen atoms in total. The minimum absolute atomic E-state index is 0.0148. The summed E-state index contributed by atoms with van der Waals surface area (Å²) in [6.45, 7) is 0. The molecule has 0 spiro atoms. The summed E-state index contributed by atoms with van der Waals surface area (Å²) < 4.78 is 81.4. The van der Waals surface area contributed by atoms with Gasteiger partial charge in [-0.25, -0.2) is 9.59 Å². The molecule has 1 unspecified atom stereocenters. The van der Waals surface area contributed by atoms with E-state index >= 15 is 0 Å². The number of carbonyl (C=O) groups excluding carboxylic acids is 2. The van der Waals surface area contributed by atoms with E-state index in [1.54, 1.807) is 12.1 Å². The zero-order valence-electron chi connectivity index (χ0n) is 21.0. The van der Waals surface area contributed by atoms with Crippen molar-refractivity contribution in [3.05, 3.63) is 76.3 Å². The molecule has 198 valence electrons. The molecule has 3 rings (SSSR count). The third-order valence-electron chi connectivity index (χ3n) is 5.99. The van der Waals surface area contributed by atoms with Gasteiger partial charge in [-0.1, -0.05) is 60.9 Å². The Morgan fingerprint density at radius 3 is 1.87 bits per heavy atom. The number of ether oxygens (including phenoxy) is 2. The van der Waals surface area contributed by atoms with Gasteiger partial charge in [0, 0.05) is 5.39 Å². The van der Waals surface area contributed by atoms with Gasteiger partial charge >= 0.3 is 18.1 Å². The quantitative estimate of drug-likeness (QED) is 0.188. The Balaban J connectivity index is 2.07. The van der Waals surface area contributed by atoms with Crippen LogP contribution in [0.15, 0.2) is 48.5 Å². The van der Waals surface area contributed by atoms with E-state index in [0.717, 1.165) is 29.1 Å².